The van der Waals surface area contributed by atoms with Gasteiger partial charge in [-0.1, -0.05) is 24.3 Å². The molecule has 2 aromatic heterocycles. The second-order valence-corrected chi connectivity index (χ2v) is 4.74. The van der Waals surface area contributed by atoms with Crippen LogP contribution in [0.15, 0.2) is 36.7 Å². The SMILES string of the molecule is Cc1ccccc1-c1cc(C(F)(F)F)n2cnc(C#N)c2n1. The zero-order valence-electron chi connectivity index (χ0n) is 11.4. The van der Waals surface area contributed by atoms with Crippen LogP contribution in [-0.4, -0.2) is 14.4 Å². The monoisotopic (exact) mass is 302 g/mol. The van der Waals surface area contributed by atoms with Crippen molar-refractivity contribution < 1.29 is 13.2 Å². The fourth-order valence-electron chi connectivity index (χ4n) is 2.27. The van der Waals surface area contributed by atoms with Gasteiger partial charge in [0, 0.05) is 5.56 Å². The lowest BCUT2D eigenvalue weighted by Gasteiger charge is -2.12. The van der Waals surface area contributed by atoms with Gasteiger partial charge in [-0.3, -0.25) is 4.40 Å². The Morgan fingerprint density at radius 2 is 1.95 bits per heavy atom. The minimum atomic E-state index is -4.58. The van der Waals surface area contributed by atoms with Gasteiger partial charge in [-0.15, -0.1) is 0 Å². The number of nitrogens with zero attached hydrogens (tertiary/aromatic N) is 4. The van der Waals surface area contributed by atoms with Crippen LogP contribution in [0.1, 0.15) is 17.0 Å². The fraction of sp³-hybridized carbons (Fsp3) is 0.133. The second kappa shape index (κ2) is 4.84. The molecule has 7 heteroatoms. The van der Waals surface area contributed by atoms with Crippen molar-refractivity contribution in [2.24, 2.45) is 0 Å². The molecule has 0 saturated carbocycles. The zero-order chi connectivity index (χ0) is 15.9. The van der Waals surface area contributed by atoms with Crippen molar-refractivity contribution in [2.75, 3.05) is 0 Å². The van der Waals surface area contributed by atoms with Gasteiger partial charge in [0.2, 0.25) is 0 Å². The summed E-state index contributed by atoms with van der Waals surface area (Å²) in [6, 6.07) is 9.73. The number of fused-ring (bicyclic) bond motifs is 1. The van der Waals surface area contributed by atoms with Gasteiger partial charge in [-0.25, -0.2) is 9.97 Å². The van der Waals surface area contributed by atoms with E-state index >= 15 is 0 Å². The molecule has 0 amide bonds. The van der Waals surface area contributed by atoms with Crippen molar-refractivity contribution >= 4 is 5.65 Å². The molecule has 0 radical (unpaired) electrons. The first-order valence-corrected chi connectivity index (χ1v) is 6.33. The normalized spacial score (nSPS) is 11.6. The Hall–Kier alpha value is -2.88. The summed E-state index contributed by atoms with van der Waals surface area (Å²) in [5, 5.41) is 8.99. The van der Waals surface area contributed by atoms with Gasteiger partial charge in [0.1, 0.15) is 18.1 Å². The Balaban J connectivity index is 2.38. The second-order valence-electron chi connectivity index (χ2n) is 4.74. The maximum absolute atomic E-state index is 13.3. The lowest BCUT2D eigenvalue weighted by atomic mass is 10.0. The minimum absolute atomic E-state index is 0.101. The smallest absolute Gasteiger partial charge is 0.278 e. The Morgan fingerprint density at radius 3 is 2.59 bits per heavy atom. The van der Waals surface area contributed by atoms with E-state index in [2.05, 4.69) is 9.97 Å². The van der Waals surface area contributed by atoms with Crippen molar-refractivity contribution in [1.82, 2.24) is 14.4 Å². The Labute approximate surface area is 123 Å². The van der Waals surface area contributed by atoms with E-state index in [1.807, 2.05) is 0 Å². The molecule has 0 unspecified atom stereocenters. The molecule has 0 aliphatic carbocycles. The van der Waals surface area contributed by atoms with Gasteiger partial charge in [0.05, 0.1) is 5.69 Å². The third kappa shape index (κ3) is 2.19. The molecule has 22 heavy (non-hydrogen) atoms. The highest BCUT2D eigenvalue weighted by atomic mass is 19.4. The lowest BCUT2D eigenvalue weighted by Crippen LogP contribution is -2.12. The predicted octanol–water partition coefficient (Wildman–Crippen LogP) is 3.60. The summed E-state index contributed by atoms with van der Waals surface area (Å²) in [7, 11) is 0. The quantitative estimate of drug-likeness (QED) is 0.690. The highest BCUT2D eigenvalue weighted by Gasteiger charge is 2.35. The third-order valence-corrected chi connectivity index (χ3v) is 3.32. The van der Waals surface area contributed by atoms with Crippen molar-refractivity contribution in [1.29, 1.82) is 5.26 Å². The molecule has 1 aromatic carbocycles. The molecule has 0 aliphatic rings. The highest BCUT2D eigenvalue weighted by molar-refractivity contribution is 5.67. The maximum atomic E-state index is 13.3. The standard InChI is InChI=1S/C15H9F3N4/c1-9-4-2-3-5-10(9)11-6-13(15(16,17)18)22-8-20-12(7-19)14(22)21-11/h2-6,8H,1H3. The molecule has 4 nitrogen and oxygen atoms in total. The summed E-state index contributed by atoms with van der Waals surface area (Å²) >= 11 is 0. The van der Waals surface area contributed by atoms with Crippen LogP contribution in [0.4, 0.5) is 13.2 Å². The molecule has 0 spiro atoms. The van der Waals surface area contributed by atoms with Gasteiger partial charge in [0.15, 0.2) is 11.3 Å². The van der Waals surface area contributed by atoms with Crippen LogP contribution in [0.3, 0.4) is 0 Å². The maximum Gasteiger partial charge on any atom is 0.431 e. The number of aryl methyl sites for hydroxylation is 1. The van der Waals surface area contributed by atoms with Gasteiger partial charge in [0.25, 0.3) is 0 Å². The van der Waals surface area contributed by atoms with Crippen LogP contribution in [0.2, 0.25) is 0 Å². The fourth-order valence-corrected chi connectivity index (χ4v) is 2.27. The molecular formula is C15H9F3N4. The molecule has 0 saturated heterocycles. The Kier molecular flexibility index (Phi) is 3.10. The van der Waals surface area contributed by atoms with E-state index in [4.69, 9.17) is 5.26 Å². The third-order valence-electron chi connectivity index (χ3n) is 3.32. The van der Waals surface area contributed by atoms with E-state index in [9.17, 15) is 13.2 Å². The van der Waals surface area contributed by atoms with E-state index in [1.54, 1.807) is 37.3 Å². The Bertz CT molecular complexity index is 903. The summed E-state index contributed by atoms with van der Waals surface area (Å²) in [6.45, 7) is 1.79. The zero-order valence-corrected chi connectivity index (χ0v) is 11.4. The van der Waals surface area contributed by atoms with Crippen molar-refractivity contribution in [3.8, 4) is 17.3 Å². The Morgan fingerprint density at radius 1 is 1.23 bits per heavy atom. The van der Waals surface area contributed by atoms with Crippen molar-refractivity contribution in [2.45, 2.75) is 13.1 Å². The molecule has 2 heterocycles. The summed E-state index contributed by atoms with van der Waals surface area (Å²) in [5.41, 5.74) is 0.391. The first-order chi connectivity index (χ1) is 10.4. The number of alkyl halides is 3. The van der Waals surface area contributed by atoms with Crippen LogP contribution >= 0.6 is 0 Å². The van der Waals surface area contributed by atoms with Crippen molar-refractivity contribution in [3.05, 3.63) is 53.6 Å². The van der Waals surface area contributed by atoms with Crippen LogP contribution in [-0.2, 0) is 6.18 Å². The average molecular weight is 302 g/mol. The number of benzene rings is 1. The molecule has 0 aliphatic heterocycles. The number of rotatable bonds is 1. The van der Waals surface area contributed by atoms with E-state index < -0.39 is 11.9 Å². The van der Waals surface area contributed by atoms with Gasteiger partial charge < -0.3 is 0 Å². The molecule has 0 N–H and O–H groups in total. The first kappa shape index (κ1) is 14.1. The van der Waals surface area contributed by atoms with E-state index in [0.717, 1.165) is 22.4 Å². The van der Waals surface area contributed by atoms with Crippen LogP contribution in [0.5, 0.6) is 0 Å². The molecule has 110 valence electrons. The average Bonchev–Trinajstić information content (AvgIpc) is 2.88. The number of imidazole rings is 1. The number of hydrogen-bond donors (Lipinski definition) is 0. The number of aromatic nitrogens is 3. The molecule has 0 bridgehead atoms. The molecule has 0 fully saturated rings. The summed E-state index contributed by atoms with van der Waals surface area (Å²) in [4.78, 5) is 7.87. The number of nitriles is 1. The molecular weight excluding hydrogens is 293 g/mol. The summed E-state index contributed by atoms with van der Waals surface area (Å²) in [6.07, 6.45) is -3.61. The van der Waals surface area contributed by atoms with Gasteiger partial charge >= 0.3 is 6.18 Å². The summed E-state index contributed by atoms with van der Waals surface area (Å²) in [5.74, 6) is 0. The molecule has 0 atom stereocenters. The van der Waals surface area contributed by atoms with Gasteiger partial charge in [-0.2, -0.15) is 18.4 Å². The topological polar surface area (TPSA) is 54.0 Å². The van der Waals surface area contributed by atoms with Crippen molar-refractivity contribution in [3.63, 3.8) is 0 Å². The number of hydrogen-bond acceptors (Lipinski definition) is 3. The first-order valence-electron chi connectivity index (χ1n) is 6.33. The lowest BCUT2D eigenvalue weighted by molar-refractivity contribution is -0.142. The van der Waals surface area contributed by atoms with Crippen LogP contribution < -0.4 is 0 Å². The largest absolute Gasteiger partial charge is 0.431 e. The highest BCUT2D eigenvalue weighted by Crippen LogP contribution is 2.33. The molecule has 3 aromatic rings. The van der Waals surface area contributed by atoms with Crippen LogP contribution in [0.25, 0.3) is 16.9 Å². The predicted molar refractivity (Wildman–Crippen MR) is 72.9 cm³/mol. The summed E-state index contributed by atoms with van der Waals surface area (Å²) < 4.78 is 40.6. The minimum Gasteiger partial charge on any atom is -0.278 e. The van der Waals surface area contributed by atoms with E-state index in [0.29, 0.717) is 5.56 Å². The van der Waals surface area contributed by atoms with E-state index in [-0.39, 0.29) is 17.0 Å². The van der Waals surface area contributed by atoms with Gasteiger partial charge in [-0.05, 0) is 18.6 Å². The molecule has 3 rings (SSSR count). The number of halogens is 3. The van der Waals surface area contributed by atoms with Crippen LogP contribution in [0, 0.1) is 18.3 Å². The van der Waals surface area contributed by atoms with E-state index in [1.165, 1.54) is 0 Å².